The molecule has 0 radical (unpaired) electrons. The number of hydrogen-bond acceptors (Lipinski definition) is 0. The highest BCUT2D eigenvalue weighted by molar-refractivity contribution is 5.29. The minimum absolute atomic E-state index is 0.681. The van der Waals surface area contributed by atoms with Gasteiger partial charge in [-0.3, -0.25) is 0 Å². The van der Waals surface area contributed by atoms with Crippen LogP contribution in [0.15, 0.2) is 23.8 Å². The van der Waals surface area contributed by atoms with E-state index in [2.05, 4.69) is 26.5 Å². The molecule has 0 heteroatoms. The SMILES string of the molecule is C=C1C=C2CCC3C(CCC4(C)C(C)CCC34)C2CC1. The Kier molecular flexibility index (Phi) is 2.95. The van der Waals surface area contributed by atoms with E-state index in [9.17, 15) is 0 Å². The molecule has 0 aromatic carbocycles. The molecule has 0 bridgehead atoms. The lowest BCUT2D eigenvalue weighted by atomic mass is 9.51. The van der Waals surface area contributed by atoms with Gasteiger partial charge in [-0.1, -0.05) is 37.6 Å². The van der Waals surface area contributed by atoms with E-state index in [-0.39, 0.29) is 0 Å². The zero-order chi connectivity index (χ0) is 13.9. The van der Waals surface area contributed by atoms with E-state index in [4.69, 9.17) is 0 Å². The smallest absolute Gasteiger partial charge is 0.0166 e. The first-order valence-electron chi connectivity index (χ1n) is 8.98. The summed E-state index contributed by atoms with van der Waals surface area (Å²) < 4.78 is 0. The molecule has 4 aliphatic carbocycles. The predicted molar refractivity (Wildman–Crippen MR) is 85.4 cm³/mol. The van der Waals surface area contributed by atoms with Gasteiger partial charge in [0.05, 0.1) is 0 Å². The lowest BCUT2D eigenvalue weighted by Crippen LogP contribution is -2.45. The zero-order valence-electron chi connectivity index (χ0n) is 13.3. The molecule has 20 heavy (non-hydrogen) atoms. The van der Waals surface area contributed by atoms with Gasteiger partial charge in [-0.2, -0.15) is 0 Å². The van der Waals surface area contributed by atoms with Gasteiger partial charge in [-0.05, 0) is 86.4 Å². The molecule has 0 heterocycles. The Labute approximate surface area is 124 Å². The summed E-state index contributed by atoms with van der Waals surface area (Å²) >= 11 is 0. The van der Waals surface area contributed by atoms with Crippen molar-refractivity contribution in [2.45, 2.75) is 65.2 Å². The molecule has 0 amide bonds. The van der Waals surface area contributed by atoms with Crippen molar-refractivity contribution in [3.63, 3.8) is 0 Å². The fraction of sp³-hybridized carbons (Fsp3) is 0.800. The molecule has 3 fully saturated rings. The van der Waals surface area contributed by atoms with E-state index in [0.29, 0.717) is 5.41 Å². The molecule has 0 spiro atoms. The predicted octanol–water partition coefficient (Wildman–Crippen LogP) is 5.75. The molecule has 110 valence electrons. The first kappa shape index (κ1) is 13.2. The van der Waals surface area contributed by atoms with Gasteiger partial charge < -0.3 is 0 Å². The van der Waals surface area contributed by atoms with Crippen molar-refractivity contribution < 1.29 is 0 Å². The second-order valence-corrected chi connectivity index (χ2v) is 8.52. The minimum Gasteiger partial charge on any atom is -0.0958 e. The van der Waals surface area contributed by atoms with Crippen LogP contribution < -0.4 is 0 Å². The van der Waals surface area contributed by atoms with Gasteiger partial charge in [0.2, 0.25) is 0 Å². The largest absolute Gasteiger partial charge is 0.0958 e. The molecule has 4 aliphatic rings. The maximum absolute atomic E-state index is 4.21. The summed E-state index contributed by atoms with van der Waals surface area (Å²) in [6.07, 6.45) is 14.0. The van der Waals surface area contributed by atoms with Gasteiger partial charge >= 0.3 is 0 Å². The van der Waals surface area contributed by atoms with E-state index in [1.54, 1.807) is 5.57 Å². The van der Waals surface area contributed by atoms with E-state index in [1.165, 1.54) is 56.9 Å². The Hall–Kier alpha value is -0.520. The molecule has 0 aliphatic heterocycles. The molecule has 6 unspecified atom stereocenters. The van der Waals surface area contributed by atoms with Crippen LogP contribution in [0.25, 0.3) is 0 Å². The Morgan fingerprint density at radius 1 is 1.05 bits per heavy atom. The second kappa shape index (κ2) is 4.49. The van der Waals surface area contributed by atoms with E-state index in [1.807, 2.05) is 0 Å². The Balaban J connectivity index is 1.63. The number of rotatable bonds is 0. The first-order chi connectivity index (χ1) is 9.59. The molecular formula is C20H30. The van der Waals surface area contributed by atoms with Crippen molar-refractivity contribution in [1.82, 2.24) is 0 Å². The zero-order valence-corrected chi connectivity index (χ0v) is 13.3. The standard InChI is InChI=1S/C20H30/c1-13-4-7-16-15(12-13)6-8-18-17(16)10-11-20(3)14(2)5-9-19(18)20/h12,14,16-19H,1,4-11H2,2-3H3. The van der Waals surface area contributed by atoms with Crippen molar-refractivity contribution in [3.05, 3.63) is 23.8 Å². The van der Waals surface area contributed by atoms with Crippen molar-refractivity contribution in [2.24, 2.45) is 35.0 Å². The van der Waals surface area contributed by atoms with Crippen molar-refractivity contribution in [2.75, 3.05) is 0 Å². The Bertz CT molecular complexity index is 457. The third-order valence-corrected chi connectivity index (χ3v) is 7.89. The van der Waals surface area contributed by atoms with E-state index in [0.717, 1.165) is 29.6 Å². The number of hydrogen-bond donors (Lipinski definition) is 0. The van der Waals surface area contributed by atoms with Gasteiger partial charge in [0.1, 0.15) is 0 Å². The van der Waals surface area contributed by atoms with Gasteiger partial charge in [0.15, 0.2) is 0 Å². The molecule has 3 saturated carbocycles. The third kappa shape index (κ3) is 1.72. The summed E-state index contributed by atoms with van der Waals surface area (Å²) in [4.78, 5) is 0. The second-order valence-electron chi connectivity index (χ2n) is 8.52. The van der Waals surface area contributed by atoms with Crippen molar-refractivity contribution in [1.29, 1.82) is 0 Å². The van der Waals surface area contributed by atoms with Crippen LogP contribution in [0.5, 0.6) is 0 Å². The van der Waals surface area contributed by atoms with Gasteiger partial charge in [-0.25, -0.2) is 0 Å². The summed E-state index contributed by atoms with van der Waals surface area (Å²) in [7, 11) is 0. The van der Waals surface area contributed by atoms with Gasteiger partial charge in [-0.15, -0.1) is 0 Å². The molecule has 6 atom stereocenters. The fourth-order valence-corrected chi connectivity index (χ4v) is 6.54. The third-order valence-electron chi connectivity index (χ3n) is 7.89. The highest BCUT2D eigenvalue weighted by atomic mass is 14.6. The summed E-state index contributed by atoms with van der Waals surface area (Å²) in [6.45, 7) is 9.36. The fourth-order valence-electron chi connectivity index (χ4n) is 6.54. The summed E-state index contributed by atoms with van der Waals surface area (Å²) in [5, 5.41) is 0. The highest BCUT2D eigenvalue weighted by Crippen LogP contribution is 2.63. The molecular weight excluding hydrogens is 240 g/mol. The van der Waals surface area contributed by atoms with Crippen LogP contribution >= 0.6 is 0 Å². The number of allylic oxidation sites excluding steroid dienone is 3. The average Bonchev–Trinajstić information content (AvgIpc) is 2.74. The monoisotopic (exact) mass is 270 g/mol. The Morgan fingerprint density at radius 2 is 1.90 bits per heavy atom. The quantitative estimate of drug-likeness (QED) is 0.525. The lowest BCUT2D eigenvalue weighted by Gasteiger charge is -2.54. The Morgan fingerprint density at radius 3 is 2.75 bits per heavy atom. The normalized spacial score (nSPS) is 51.0. The van der Waals surface area contributed by atoms with Crippen LogP contribution in [0.2, 0.25) is 0 Å². The number of fused-ring (bicyclic) bond motifs is 5. The lowest BCUT2D eigenvalue weighted by molar-refractivity contribution is -0.0174. The topological polar surface area (TPSA) is 0 Å². The first-order valence-corrected chi connectivity index (χ1v) is 8.98. The van der Waals surface area contributed by atoms with Crippen LogP contribution in [-0.4, -0.2) is 0 Å². The minimum atomic E-state index is 0.681. The molecule has 0 nitrogen and oxygen atoms in total. The van der Waals surface area contributed by atoms with Crippen LogP contribution in [0, 0.1) is 35.0 Å². The summed E-state index contributed by atoms with van der Waals surface area (Å²) in [5.41, 5.74) is 3.85. The molecule has 0 N–H and O–H groups in total. The van der Waals surface area contributed by atoms with Crippen LogP contribution in [0.1, 0.15) is 65.2 Å². The molecule has 4 rings (SSSR count). The average molecular weight is 270 g/mol. The van der Waals surface area contributed by atoms with Gasteiger partial charge in [0, 0.05) is 0 Å². The summed E-state index contributed by atoms with van der Waals surface area (Å²) in [6, 6.07) is 0. The van der Waals surface area contributed by atoms with Crippen molar-refractivity contribution >= 4 is 0 Å². The van der Waals surface area contributed by atoms with Crippen LogP contribution in [-0.2, 0) is 0 Å². The van der Waals surface area contributed by atoms with Crippen LogP contribution in [0.4, 0.5) is 0 Å². The van der Waals surface area contributed by atoms with E-state index < -0.39 is 0 Å². The maximum Gasteiger partial charge on any atom is -0.0166 e. The molecule has 0 aromatic heterocycles. The van der Waals surface area contributed by atoms with Crippen molar-refractivity contribution in [3.8, 4) is 0 Å². The van der Waals surface area contributed by atoms with Gasteiger partial charge in [0.25, 0.3) is 0 Å². The highest BCUT2D eigenvalue weighted by Gasteiger charge is 2.54. The maximum atomic E-state index is 4.21. The molecule has 0 saturated heterocycles. The summed E-state index contributed by atoms with van der Waals surface area (Å²) in [5.74, 6) is 5.01. The van der Waals surface area contributed by atoms with E-state index >= 15 is 0 Å². The van der Waals surface area contributed by atoms with Crippen LogP contribution in [0.3, 0.4) is 0 Å². The molecule has 0 aromatic rings.